The van der Waals surface area contributed by atoms with Crippen molar-refractivity contribution in [2.24, 2.45) is 5.73 Å². The van der Waals surface area contributed by atoms with Crippen molar-refractivity contribution in [1.82, 2.24) is 0 Å². The van der Waals surface area contributed by atoms with Gasteiger partial charge in [0.2, 0.25) is 0 Å². The first kappa shape index (κ1) is 14.2. The molecule has 0 aliphatic heterocycles. The second kappa shape index (κ2) is 5.84. The molecule has 1 unspecified atom stereocenters. The molecule has 2 aromatic rings. The van der Waals surface area contributed by atoms with E-state index in [0.29, 0.717) is 5.69 Å². The number of aryl methyl sites for hydroxylation is 1. The van der Waals surface area contributed by atoms with Crippen LogP contribution in [0.15, 0.2) is 42.5 Å². The number of nitrogens with two attached hydrogens (primary N) is 1. The topological polar surface area (TPSA) is 55.1 Å². The lowest BCUT2D eigenvalue weighted by atomic mass is 10.1. The van der Waals surface area contributed by atoms with E-state index >= 15 is 0 Å². The van der Waals surface area contributed by atoms with Gasteiger partial charge in [0, 0.05) is 11.7 Å². The molecule has 0 aliphatic rings. The Morgan fingerprint density at radius 3 is 2.70 bits per heavy atom. The first-order chi connectivity index (χ1) is 9.47. The van der Waals surface area contributed by atoms with E-state index in [2.05, 4.69) is 5.32 Å². The summed E-state index contributed by atoms with van der Waals surface area (Å²) in [6.45, 7) is 3.67. The molecule has 20 heavy (non-hydrogen) atoms. The smallest absolute Gasteiger partial charge is 0.258 e. The summed E-state index contributed by atoms with van der Waals surface area (Å²) in [6.07, 6.45) is 0. The lowest BCUT2D eigenvalue weighted by Gasteiger charge is -2.10. The average molecular weight is 272 g/mol. The van der Waals surface area contributed by atoms with Gasteiger partial charge in [0.15, 0.2) is 0 Å². The van der Waals surface area contributed by atoms with Gasteiger partial charge in [-0.25, -0.2) is 4.39 Å². The lowest BCUT2D eigenvalue weighted by Crippen LogP contribution is -2.14. The van der Waals surface area contributed by atoms with Crippen molar-refractivity contribution in [3.05, 3.63) is 65.0 Å². The van der Waals surface area contributed by atoms with Crippen molar-refractivity contribution in [3.8, 4) is 0 Å². The number of carbonyl (C=O) groups is 1. The summed E-state index contributed by atoms with van der Waals surface area (Å²) in [5, 5.41) is 2.69. The highest BCUT2D eigenvalue weighted by Crippen LogP contribution is 2.17. The highest BCUT2D eigenvalue weighted by atomic mass is 19.1. The van der Waals surface area contributed by atoms with Crippen LogP contribution in [0.5, 0.6) is 0 Å². The fourth-order valence-electron chi connectivity index (χ4n) is 1.91. The second-order valence-electron chi connectivity index (χ2n) is 4.85. The van der Waals surface area contributed by atoms with Crippen LogP contribution >= 0.6 is 0 Å². The van der Waals surface area contributed by atoms with E-state index in [-0.39, 0.29) is 11.6 Å². The third-order valence-electron chi connectivity index (χ3n) is 3.04. The molecular weight excluding hydrogens is 255 g/mol. The Morgan fingerprint density at radius 1 is 1.25 bits per heavy atom. The molecule has 2 rings (SSSR count). The maximum atomic E-state index is 13.6. The zero-order valence-electron chi connectivity index (χ0n) is 11.5. The van der Waals surface area contributed by atoms with Gasteiger partial charge in [0.05, 0.1) is 5.56 Å². The van der Waals surface area contributed by atoms with Crippen LogP contribution in [0.1, 0.15) is 34.5 Å². The minimum Gasteiger partial charge on any atom is -0.324 e. The molecule has 3 nitrogen and oxygen atoms in total. The van der Waals surface area contributed by atoms with Crippen molar-refractivity contribution in [2.75, 3.05) is 5.32 Å². The van der Waals surface area contributed by atoms with Crippen molar-refractivity contribution in [2.45, 2.75) is 19.9 Å². The second-order valence-corrected chi connectivity index (χ2v) is 4.85. The van der Waals surface area contributed by atoms with Crippen LogP contribution in [0.3, 0.4) is 0 Å². The van der Waals surface area contributed by atoms with Gasteiger partial charge in [0.1, 0.15) is 5.82 Å². The van der Waals surface area contributed by atoms with E-state index in [1.165, 1.54) is 12.1 Å². The van der Waals surface area contributed by atoms with Crippen LogP contribution in [0.2, 0.25) is 0 Å². The summed E-state index contributed by atoms with van der Waals surface area (Å²) >= 11 is 0. The van der Waals surface area contributed by atoms with Crippen LogP contribution in [0.4, 0.5) is 10.1 Å². The first-order valence-corrected chi connectivity index (χ1v) is 6.40. The molecule has 0 aliphatic carbocycles. The summed E-state index contributed by atoms with van der Waals surface area (Å²) in [5.41, 5.74) is 8.18. The maximum Gasteiger partial charge on any atom is 0.258 e. The number of nitrogens with one attached hydrogen (secondary N) is 1. The molecule has 3 N–H and O–H groups in total. The molecule has 2 aromatic carbocycles. The number of benzene rings is 2. The molecule has 0 saturated carbocycles. The van der Waals surface area contributed by atoms with Gasteiger partial charge in [0.25, 0.3) is 5.91 Å². The number of halogens is 1. The Balaban J connectivity index is 2.23. The molecule has 0 heterocycles. The Hall–Kier alpha value is -2.20. The lowest BCUT2D eigenvalue weighted by molar-refractivity contribution is 0.102. The molecule has 0 bridgehead atoms. The predicted molar refractivity (Wildman–Crippen MR) is 78.1 cm³/mol. The highest BCUT2D eigenvalue weighted by Gasteiger charge is 2.12. The van der Waals surface area contributed by atoms with Crippen LogP contribution in [-0.4, -0.2) is 5.91 Å². The zero-order chi connectivity index (χ0) is 14.7. The van der Waals surface area contributed by atoms with Crippen LogP contribution in [0.25, 0.3) is 0 Å². The Labute approximate surface area is 117 Å². The van der Waals surface area contributed by atoms with Crippen molar-refractivity contribution in [3.63, 3.8) is 0 Å². The minimum absolute atomic E-state index is 0.0381. The minimum atomic E-state index is -0.531. The average Bonchev–Trinajstić information content (AvgIpc) is 2.41. The molecule has 0 spiro atoms. The largest absolute Gasteiger partial charge is 0.324 e. The summed E-state index contributed by atoms with van der Waals surface area (Å²) in [7, 11) is 0. The number of amides is 1. The Kier molecular flexibility index (Phi) is 4.15. The number of carbonyl (C=O) groups excluding carboxylic acids is 1. The van der Waals surface area contributed by atoms with Gasteiger partial charge in [-0.15, -0.1) is 0 Å². The summed E-state index contributed by atoms with van der Waals surface area (Å²) < 4.78 is 13.6. The molecular formula is C16H17FN2O. The number of rotatable bonds is 3. The first-order valence-electron chi connectivity index (χ1n) is 6.40. The highest BCUT2D eigenvalue weighted by molar-refractivity contribution is 6.04. The van der Waals surface area contributed by atoms with Gasteiger partial charge in [-0.3, -0.25) is 4.79 Å². The normalized spacial score (nSPS) is 12.0. The van der Waals surface area contributed by atoms with E-state index in [1.54, 1.807) is 24.3 Å². The van der Waals surface area contributed by atoms with Crippen molar-refractivity contribution < 1.29 is 9.18 Å². The molecule has 0 aromatic heterocycles. The van der Waals surface area contributed by atoms with Crippen molar-refractivity contribution >= 4 is 11.6 Å². The molecule has 104 valence electrons. The Bertz CT molecular complexity index is 638. The van der Waals surface area contributed by atoms with Crippen LogP contribution < -0.4 is 11.1 Å². The van der Waals surface area contributed by atoms with E-state index in [9.17, 15) is 9.18 Å². The molecule has 0 fully saturated rings. The van der Waals surface area contributed by atoms with Gasteiger partial charge < -0.3 is 11.1 Å². The molecule has 1 amide bonds. The predicted octanol–water partition coefficient (Wildman–Crippen LogP) is 3.41. The van der Waals surface area contributed by atoms with Gasteiger partial charge in [-0.1, -0.05) is 23.8 Å². The van der Waals surface area contributed by atoms with E-state index < -0.39 is 11.7 Å². The third-order valence-corrected chi connectivity index (χ3v) is 3.04. The van der Waals surface area contributed by atoms with Crippen molar-refractivity contribution in [1.29, 1.82) is 0 Å². The number of hydrogen-bond donors (Lipinski definition) is 2. The number of anilines is 1. The quantitative estimate of drug-likeness (QED) is 0.899. The fourth-order valence-corrected chi connectivity index (χ4v) is 1.91. The monoisotopic (exact) mass is 272 g/mol. The molecule has 0 radical (unpaired) electrons. The van der Waals surface area contributed by atoms with Crippen LogP contribution in [0, 0.1) is 12.7 Å². The fraction of sp³-hybridized carbons (Fsp3) is 0.188. The van der Waals surface area contributed by atoms with E-state index in [4.69, 9.17) is 5.73 Å². The maximum absolute atomic E-state index is 13.6. The molecule has 4 heteroatoms. The number of hydrogen-bond acceptors (Lipinski definition) is 2. The van der Waals surface area contributed by atoms with Crippen LogP contribution in [-0.2, 0) is 0 Å². The standard InChI is InChI=1S/C16H17FN2O/c1-10-6-7-15(17)14(8-10)16(20)19-13-5-3-4-12(9-13)11(2)18/h3-9,11H,18H2,1-2H3,(H,19,20). The SMILES string of the molecule is Cc1ccc(F)c(C(=O)Nc2cccc(C(C)N)c2)c1. The van der Waals surface area contributed by atoms with E-state index in [1.807, 2.05) is 19.9 Å². The molecule has 1 atom stereocenters. The molecule has 0 saturated heterocycles. The Morgan fingerprint density at radius 2 is 2.00 bits per heavy atom. The van der Waals surface area contributed by atoms with Gasteiger partial charge >= 0.3 is 0 Å². The van der Waals surface area contributed by atoms with Gasteiger partial charge in [-0.2, -0.15) is 0 Å². The van der Waals surface area contributed by atoms with E-state index in [0.717, 1.165) is 11.1 Å². The summed E-state index contributed by atoms with van der Waals surface area (Å²) in [6, 6.07) is 11.6. The zero-order valence-corrected chi connectivity index (χ0v) is 11.5. The summed E-state index contributed by atoms with van der Waals surface area (Å²) in [4.78, 5) is 12.1. The third kappa shape index (κ3) is 3.22. The van der Waals surface area contributed by atoms with Gasteiger partial charge in [-0.05, 0) is 43.7 Å². The summed E-state index contributed by atoms with van der Waals surface area (Å²) in [5.74, 6) is -0.996.